The molecule has 1 aliphatic heterocycles. The molecule has 3 N–H and O–H groups in total. The number of amides is 3. The van der Waals surface area contributed by atoms with Gasteiger partial charge in [0.25, 0.3) is 11.8 Å². The summed E-state index contributed by atoms with van der Waals surface area (Å²) in [7, 11) is 0. The Morgan fingerprint density at radius 3 is 2.49 bits per heavy atom. The topological polar surface area (TPSA) is 147 Å². The van der Waals surface area contributed by atoms with E-state index in [1.165, 1.54) is 36.0 Å². The van der Waals surface area contributed by atoms with E-state index in [1.54, 1.807) is 0 Å². The molecule has 0 saturated heterocycles. The first-order chi connectivity index (χ1) is 19.9. The summed E-state index contributed by atoms with van der Waals surface area (Å²) in [5.74, 6) is -0.917. The van der Waals surface area contributed by atoms with Crippen molar-refractivity contribution in [1.82, 2.24) is 15.8 Å². The van der Waals surface area contributed by atoms with E-state index in [1.807, 2.05) is 41.3 Å². The van der Waals surface area contributed by atoms with Gasteiger partial charge in [-0.15, -0.1) is 0 Å². The lowest BCUT2D eigenvalue weighted by Crippen LogP contribution is -2.45. The molecular weight excluding hydrogens is 528 g/mol. The molecule has 0 spiro atoms. The zero-order chi connectivity index (χ0) is 29.0. The second-order valence-electron chi connectivity index (χ2n) is 9.89. The van der Waals surface area contributed by atoms with Crippen LogP contribution in [0, 0.1) is 0 Å². The van der Waals surface area contributed by atoms with Crippen LogP contribution >= 0.6 is 0 Å². The van der Waals surface area contributed by atoms with Gasteiger partial charge < -0.3 is 14.4 Å². The number of nitrogens with zero attached hydrogens (tertiary/aromatic N) is 2. The Balaban J connectivity index is 1.34. The van der Waals surface area contributed by atoms with Crippen molar-refractivity contribution in [3.63, 3.8) is 0 Å². The van der Waals surface area contributed by atoms with E-state index in [0.717, 1.165) is 30.4 Å². The lowest BCUT2D eigenvalue weighted by Gasteiger charge is -2.33. The van der Waals surface area contributed by atoms with Gasteiger partial charge in [-0.05, 0) is 67.5 Å². The predicted octanol–water partition coefficient (Wildman–Crippen LogP) is 3.26. The molecule has 0 aromatic heterocycles. The highest BCUT2D eigenvalue weighted by Gasteiger charge is 2.37. The van der Waals surface area contributed by atoms with Crippen LogP contribution in [0.4, 0.5) is 0 Å². The van der Waals surface area contributed by atoms with Crippen LogP contribution in [-0.4, -0.2) is 58.8 Å². The largest absolute Gasteiger partial charge is 0.484 e. The number of allylic oxidation sites excluding steroid dienone is 2. The Morgan fingerprint density at radius 1 is 1.02 bits per heavy atom. The van der Waals surface area contributed by atoms with Crippen molar-refractivity contribution >= 4 is 29.9 Å². The highest BCUT2D eigenvalue weighted by molar-refractivity contribution is 5.95. The number of hydrazone groups is 1. The van der Waals surface area contributed by atoms with E-state index in [4.69, 9.17) is 14.7 Å². The quantitative estimate of drug-likeness (QED) is 0.147. The van der Waals surface area contributed by atoms with Crippen LogP contribution in [0.25, 0.3) is 0 Å². The van der Waals surface area contributed by atoms with Crippen molar-refractivity contribution in [1.29, 1.82) is 0 Å². The van der Waals surface area contributed by atoms with Gasteiger partial charge in [0.1, 0.15) is 11.9 Å². The van der Waals surface area contributed by atoms with Crippen molar-refractivity contribution in [2.75, 3.05) is 6.61 Å². The van der Waals surface area contributed by atoms with Crippen molar-refractivity contribution in [2.45, 2.75) is 63.6 Å². The second-order valence-corrected chi connectivity index (χ2v) is 9.89. The number of ether oxygens (including phenoxy) is 2. The first kappa shape index (κ1) is 29.5. The Morgan fingerprint density at radius 2 is 1.76 bits per heavy atom. The summed E-state index contributed by atoms with van der Waals surface area (Å²) in [5, 5.41) is 12.5. The fraction of sp³-hybridized carbons (Fsp3) is 0.367. The van der Waals surface area contributed by atoms with Crippen LogP contribution in [0.2, 0.25) is 0 Å². The lowest BCUT2D eigenvalue weighted by molar-refractivity contribution is -0.154. The van der Waals surface area contributed by atoms with Gasteiger partial charge in [0.2, 0.25) is 5.91 Å². The zero-order valence-corrected chi connectivity index (χ0v) is 22.7. The number of rotatable bonds is 8. The Labute approximate surface area is 238 Å². The van der Waals surface area contributed by atoms with E-state index in [2.05, 4.69) is 10.5 Å². The van der Waals surface area contributed by atoms with Crippen molar-refractivity contribution < 1.29 is 33.9 Å². The molecule has 1 heterocycles. The van der Waals surface area contributed by atoms with E-state index < -0.39 is 11.8 Å². The third-order valence-corrected chi connectivity index (χ3v) is 6.95. The van der Waals surface area contributed by atoms with Crippen LogP contribution in [0.1, 0.15) is 66.4 Å². The molecule has 11 nitrogen and oxygen atoms in total. The van der Waals surface area contributed by atoms with Gasteiger partial charge in [-0.25, -0.2) is 10.9 Å². The molecule has 0 bridgehead atoms. The summed E-state index contributed by atoms with van der Waals surface area (Å²) < 4.78 is 10.9. The van der Waals surface area contributed by atoms with E-state index in [-0.39, 0.29) is 30.6 Å². The number of nitrogens with one attached hydrogen (secondary N) is 2. The van der Waals surface area contributed by atoms with Gasteiger partial charge in [0.05, 0.1) is 12.3 Å². The first-order valence-electron chi connectivity index (χ1n) is 13.6. The van der Waals surface area contributed by atoms with Gasteiger partial charge in [0, 0.05) is 24.9 Å². The van der Waals surface area contributed by atoms with Crippen LogP contribution in [-0.2, 0) is 25.7 Å². The summed E-state index contributed by atoms with van der Waals surface area (Å²) in [6.07, 6.45) is 9.65. The number of hydroxylamine groups is 1. The Bertz CT molecular complexity index is 1270. The number of hydrogen-bond acceptors (Lipinski definition) is 8. The standard InChI is InChI=1S/C30H34N4O7/c35-27(33-39)20-40-24-16-14-23(15-17-24)30(38)32-31-18-21-10-12-22(13-11-21)19-34-25-6-5-7-26(25)41-29(37)9-4-2-1-3-8-28(34)36/h1-2,10-18,25-26,39H,3-9,19-20H2,(H,32,38)(H,33,35)/b2-1+,31-18+/t25-,26-/m0/s1. The van der Waals surface area contributed by atoms with Gasteiger partial charge in [-0.3, -0.25) is 24.4 Å². The SMILES string of the molecule is O=C(COc1ccc(C(=O)N/N=C/c2ccc(CN3C(=O)CC/C=C/CCC(=O)O[C@H]4CCC[C@@H]43)cc2)cc1)NO. The average Bonchev–Trinajstić information content (AvgIpc) is 3.44. The summed E-state index contributed by atoms with van der Waals surface area (Å²) in [5.41, 5.74) is 5.99. The zero-order valence-electron chi connectivity index (χ0n) is 22.7. The molecule has 2 aromatic carbocycles. The van der Waals surface area contributed by atoms with Crippen LogP contribution in [0.5, 0.6) is 5.75 Å². The predicted molar refractivity (Wildman–Crippen MR) is 149 cm³/mol. The number of fused-ring (bicyclic) bond motifs is 1. The maximum atomic E-state index is 13.2. The molecule has 2 atom stereocenters. The molecule has 1 fully saturated rings. The maximum Gasteiger partial charge on any atom is 0.306 e. The van der Waals surface area contributed by atoms with Crippen LogP contribution in [0.3, 0.4) is 0 Å². The first-order valence-corrected chi connectivity index (χ1v) is 13.6. The normalized spacial score (nSPS) is 20.4. The smallest absolute Gasteiger partial charge is 0.306 e. The molecule has 11 heteroatoms. The van der Waals surface area contributed by atoms with Gasteiger partial charge in [-0.2, -0.15) is 5.10 Å². The van der Waals surface area contributed by atoms with Gasteiger partial charge >= 0.3 is 5.97 Å². The fourth-order valence-electron chi connectivity index (χ4n) is 4.83. The molecule has 2 aliphatic rings. The number of carbonyl (C=O) groups is 4. The minimum absolute atomic E-state index is 0.0479. The molecule has 4 rings (SSSR count). The lowest BCUT2D eigenvalue weighted by atomic mass is 10.1. The summed E-state index contributed by atoms with van der Waals surface area (Å²) in [6, 6.07) is 13.5. The third kappa shape index (κ3) is 8.74. The maximum absolute atomic E-state index is 13.2. The summed E-state index contributed by atoms with van der Waals surface area (Å²) >= 11 is 0. The van der Waals surface area contributed by atoms with Crippen molar-refractivity contribution in [2.24, 2.45) is 5.10 Å². The van der Waals surface area contributed by atoms with Crippen LogP contribution in [0.15, 0.2) is 65.8 Å². The molecule has 2 aromatic rings. The molecule has 216 valence electrons. The highest BCUT2D eigenvalue weighted by atomic mass is 16.5. The Hall–Kier alpha value is -4.51. The summed E-state index contributed by atoms with van der Waals surface area (Å²) in [6.45, 7) is 0.0629. The van der Waals surface area contributed by atoms with Gasteiger partial charge in [-0.1, -0.05) is 36.4 Å². The number of esters is 1. The highest BCUT2D eigenvalue weighted by Crippen LogP contribution is 2.30. The third-order valence-electron chi connectivity index (χ3n) is 6.95. The number of carbonyl (C=O) groups excluding carboxylic acids is 4. The van der Waals surface area contributed by atoms with Gasteiger partial charge in [0.15, 0.2) is 6.61 Å². The molecule has 0 radical (unpaired) electrons. The van der Waals surface area contributed by atoms with Crippen molar-refractivity contribution in [3.05, 3.63) is 77.4 Å². The molecule has 1 aliphatic carbocycles. The number of hydrogen-bond donors (Lipinski definition) is 3. The van der Waals surface area contributed by atoms with E-state index in [0.29, 0.717) is 43.5 Å². The molecule has 1 saturated carbocycles. The monoisotopic (exact) mass is 562 g/mol. The van der Waals surface area contributed by atoms with E-state index in [9.17, 15) is 19.2 Å². The van der Waals surface area contributed by atoms with E-state index >= 15 is 0 Å². The Kier molecular flexibility index (Phi) is 10.6. The summed E-state index contributed by atoms with van der Waals surface area (Å²) in [4.78, 5) is 50.8. The van der Waals surface area contributed by atoms with Crippen molar-refractivity contribution in [3.8, 4) is 5.75 Å². The van der Waals surface area contributed by atoms with Crippen LogP contribution < -0.4 is 15.6 Å². The molecule has 0 unspecified atom stereocenters. The minimum Gasteiger partial charge on any atom is -0.484 e. The molecule has 41 heavy (non-hydrogen) atoms. The molecular formula is C30H34N4O7. The number of benzene rings is 2. The minimum atomic E-state index is -0.691. The average molecular weight is 563 g/mol. The molecule has 3 amide bonds. The second kappa shape index (κ2) is 14.8. The fourth-order valence-corrected chi connectivity index (χ4v) is 4.83.